The molecule has 3 fully saturated rings. The minimum absolute atomic E-state index is 0.0308. The Bertz CT molecular complexity index is 823. The van der Waals surface area contributed by atoms with Crippen LogP contribution in [0.1, 0.15) is 56.6 Å². The molecule has 1 aromatic rings. The quantitative estimate of drug-likeness (QED) is 0.650. The van der Waals surface area contributed by atoms with Crippen molar-refractivity contribution in [3.63, 3.8) is 0 Å². The zero-order valence-electron chi connectivity index (χ0n) is 17.3. The largest absolute Gasteiger partial charge is 0.466 e. The summed E-state index contributed by atoms with van der Waals surface area (Å²) in [6.07, 6.45) is 0.533. The number of hydrogen-bond donors (Lipinski definition) is 0. The van der Waals surface area contributed by atoms with E-state index in [1.807, 2.05) is 4.90 Å². The Hall–Kier alpha value is -2.05. The number of piperidine rings is 1. The Morgan fingerprint density at radius 1 is 1.13 bits per heavy atom. The molecule has 0 bridgehead atoms. The van der Waals surface area contributed by atoms with Crippen LogP contribution in [0.4, 0.5) is 13.2 Å². The lowest BCUT2D eigenvalue weighted by Crippen LogP contribution is -2.49. The van der Waals surface area contributed by atoms with Crippen LogP contribution >= 0.6 is 0 Å². The summed E-state index contributed by atoms with van der Waals surface area (Å²) in [6, 6.07) is 5.41. The number of carbonyl (C=O) groups excluding carboxylic acids is 2. The predicted octanol–water partition coefficient (Wildman–Crippen LogP) is 4.61. The first kappa shape index (κ1) is 21.2. The highest BCUT2D eigenvalue weighted by molar-refractivity contribution is 5.84. The van der Waals surface area contributed by atoms with Crippen LogP contribution in [0.25, 0.3) is 0 Å². The van der Waals surface area contributed by atoms with Crippen molar-refractivity contribution < 1.29 is 27.5 Å². The molecule has 7 heteroatoms. The fourth-order valence-electron chi connectivity index (χ4n) is 5.31. The minimum atomic E-state index is -4.48. The third-order valence-corrected chi connectivity index (χ3v) is 7.43. The van der Waals surface area contributed by atoms with E-state index in [-0.39, 0.29) is 35.8 Å². The van der Waals surface area contributed by atoms with Crippen molar-refractivity contribution >= 4 is 11.9 Å². The molecule has 3 aliphatic rings. The van der Waals surface area contributed by atoms with Gasteiger partial charge in [0.25, 0.3) is 0 Å². The number of nitrogens with zero attached hydrogens (tertiary/aromatic N) is 1. The fourth-order valence-corrected chi connectivity index (χ4v) is 5.31. The highest BCUT2D eigenvalue weighted by Crippen LogP contribution is 2.66. The van der Waals surface area contributed by atoms with Crippen LogP contribution in [0.15, 0.2) is 24.3 Å². The molecular weight excluding hydrogens is 395 g/mol. The molecule has 1 saturated heterocycles. The molecule has 2 saturated carbocycles. The molecule has 1 aliphatic heterocycles. The highest BCUT2D eigenvalue weighted by Gasteiger charge is 2.62. The Balaban J connectivity index is 1.51. The lowest BCUT2D eigenvalue weighted by molar-refractivity contribution is -0.161. The maximum Gasteiger partial charge on any atom is 0.416 e. The second-order valence-corrected chi connectivity index (χ2v) is 9.13. The summed E-state index contributed by atoms with van der Waals surface area (Å²) in [5.74, 6) is -0.203. The van der Waals surface area contributed by atoms with Crippen LogP contribution < -0.4 is 0 Å². The van der Waals surface area contributed by atoms with Gasteiger partial charge in [-0.15, -0.1) is 0 Å². The van der Waals surface area contributed by atoms with Crippen molar-refractivity contribution in [2.45, 2.75) is 58.0 Å². The van der Waals surface area contributed by atoms with Gasteiger partial charge in [-0.25, -0.2) is 0 Å². The molecule has 30 heavy (non-hydrogen) atoms. The van der Waals surface area contributed by atoms with Gasteiger partial charge in [-0.05, 0) is 62.5 Å². The van der Waals surface area contributed by atoms with Gasteiger partial charge in [0.15, 0.2) is 0 Å². The Morgan fingerprint density at radius 3 is 2.33 bits per heavy atom. The number of amides is 1. The molecule has 1 heterocycles. The standard InChI is InChI=1S/C23H28F3NO3/c1-2-30-20(29)22(14-16-6-3-4-7-17(16)23(24,25)26)10-12-27(13-11-22)19(28)18-15-21(18)8-5-9-21/h3-4,6-7,18H,2,5,8-15H2,1H3/t18-/m1/s1. The van der Waals surface area contributed by atoms with Crippen LogP contribution in [0.3, 0.4) is 0 Å². The van der Waals surface area contributed by atoms with Crippen molar-refractivity contribution in [3.8, 4) is 0 Å². The van der Waals surface area contributed by atoms with Crippen molar-refractivity contribution in [2.75, 3.05) is 19.7 Å². The van der Waals surface area contributed by atoms with Crippen LogP contribution in [-0.4, -0.2) is 36.5 Å². The fraction of sp³-hybridized carbons (Fsp3) is 0.652. The summed E-state index contributed by atoms with van der Waals surface area (Å²) in [5, 5.41) is 0. The molecule has 1 atom stereocenters. The van der Waals surface area contributed by atoms with E-state index in [4.69, 9.17) is 4.74 Å². The van der Waals surface area contributed by atoms with Crippen LogP contribution in [-0.2, 0) is 26.9 Å². The van der Waals surface area contributed by atoms with Gasteiger partial charge in [-0.3, -0.25) is 9.59 Å². The van der Waals surface area contributed by atoms with Crippen molar-refractivity contribution in [1.82, 2.24) is 4.90 Å². The number of carbonyl (C=O) groups is 2. The molecule has 0 unspecified atom stereocenters. The second-order valence-electron chi connectivity index (χ2n) is 9.13. The van der Waals surface area contributed by atoms with Gasteiger partial charge in [0, 0.05) is 19.0 Å². The maximum atomic E-state index is 13.5. The van der Waals surface area contributed by atoms with E-state index >= 15 is 0 Å². The zero-order chi connectivity index (χ0) is 21.6. The topological polar surface area (TPSA) is 46.6 Å². The van der Waals surface area contributed by atoms with Crippen LogP contribution in [0, 0.1) is 16.7 Å². The number of halogens is 3. The van der Waals surface area contributed by atoms with Gasteiger partial charge in [-0.1, -0.05) is 24.6 Å². The predicted molar refractivity (Wildman–Crippen MR) is 104 cm³/mol. The molecule has 0 radical (unpaired) electrons. The van der Waals surface area contributed by atoms with E-state index < -0.39 is 23.1 Å². The molecular formula is C23H28F3NO3. The summed E-state index contributed by atoms with van der Waals surface area (Å²) in [6.45, 7) is 2.64. The van der Waals surface area contributed by atoms with Gasteiger partial charge >= 0.3 is 12.1 Å². The number of benzene rings is 1. The van der Waals surface area contributed by atoms with Gasteiger partial charge in [0.2, 0.25) is 5.91 Å². The number of rotatable bonds is 5. The second kappa shape index (κ2) is 7.57. The number of ether oxygens (including phenoxy) is 1. The van der Waals surface area contributed by atoms with Gasteiger partial charge in [-0.2, -0.15) is 13.2 Å². The maximum absolute atomic E-state index is 13.5. The average Bonchev–Trinajstić information content (AvgIpc) is 3.44. The first-order valence-electron chi connectivity index (χ1n) is 10.8. The first-order valence-corrected chi connectivity index (χ1v) is 10.8. The molecule has 1 amide bonds. The third-order valence-electron chi connectivity index (χ3n) is 7.43. The third kappa shape index (κ3) is 3.71. The highest BCUT2D eigenvalue weighted by atomic mass is 19.4. The number of esters is 1. The van der Waals surface area contributed by atoms with Crippen LogP contribution in [0.5, 0.6) is 0 Å². The van der Waals surface area contributed by atoms with E-state index in [0.717, 1.165) is 25.3 Å². The zero-order valence-corrected chi connectivity index (χ0v) is 17.3. The average molecular weight is 423 g/mol. The Labute approximate surface area is 174 Å². The molecule has 2 aliphatic carbocycles. The van der Waals surface area contributed by atoms with Gasteiger partial charge in [0.05, 0.1) is 17.6 Å². The Kier molecular flexibility index (Phi) is 5.35. The lowest BCUT2D eigenvalue weighted by atomic mass is 9.72. The molecule has 0 aromatic heterocycles. The number of likely N-dealkylation sites (tertiary alicyclic amines) is 1. The van der Waals surface area contributed by atoms with Crippen LogP contribution in [0.2, 0.25) is 0 Å². The molecule has 0 N–H and O–H groups in total. The van der Waals surface area contributed by atoms with E-state index in [1.54, 1.807) is 13.0 Å². The summed E-state index contributed by atoms with van der Waals surface area (Å²) in [7, 11) is 0. The molecule has 4 nitrogen and oxygen atoms in total. The van der Waals surface area contributed by atoms with E-state index in [0.29, 0.717) is 25.9 Å². The monoisotopic (exact) mass is 423 g/mol. The van der Waals surface area contributed by atoms with Gasteiger partial charge < -0.3 is 9.64 Å². The minimum Gasteiger partial charge on any atom is -0.466 e. The molecule has 164 valence electrons. The SMILES string of the molecule is CCOC(=O)C1(Cc2ccccc2C(F)(F)F)CCN(C(=O)[C@H]2CC23CCC3)CC1. The normalized spacial score (nSPS) is 24.3. The van der Waals surface area contributed by atoms with E-state index in [2.05, 4.69) is 0 Å². The number of hydrogen-bond acceptors (Lipinski definition) is 3. The molecule has 1 aromatic carbocycles. The summed E-state index contributed by atoms with van der Waals surface area (Å²) < 4.78 is 45.7. The van der Waals surface area contributed by atoms with E-state index in [1.165, 1.54) is 18.6 Å². The van der Waals surface area contributed by atoms with Crippen molar-refractivity contribution in [1.29, 1.82) is 0 Å². The smallest absolute Gasteiger partial charge is 0.416 e. The summed E-state index contributed by atoms with van der Waals surface area (Å²) in [5.41, 5.74) is -1.41. The molecule has 1 spiro atoms. The lowest BCUT2D eigenvalue weighted by Gasteiger charge is -2.41. The number of alkyl halides is 3. The van der Waals surface area contributed by atoms with E-state index in [9.17, 15) is 22.8 Å². The van der Waals surface area contributed by atoms with Crippen molar-refractivity contribution in [3.05, 3.63) is 35.4 Å². The van der Waals surface area contributed by atoms with Gasteiger partial charge in [0.1, 0.15) is 0 Å². The molecule has 4 rings (SSSR count). The first-order chi connectivity index (χ1) is 14.2. The summed E-state index contributed by atoms with van der Waals surface area (Å²) in [4.78, 5) is 27.6. The Morgan fingerprint density at radius 2 is 1.80 bits per heavy atom. The van der Waals surface area contributed by atoms with Crippen molar-refractivity contribution in [2.24, 2.45) is 16.7 Å². The summed E-state index contributed by atoms with van der Waals surface area (Å²) >= 11 is 0.